The number of aryl methyl sites for hydroxylation is 2. The third-order valence-corrected chi connectivity index (χ3v) is 3.75. The highest BCUT2D eigenvalue weighted by atomic mass is 15.1. The molecule has 0 aliphatic carbocycles. The Morgan fingerprint density at radius 1 is 1.22 bits per heavy atom. The van der Waals surface area contributed by atoms with Crippen LogP contribution in [-0.4, -0.2) is 9.55 Å². The molecule has 0 fully saturated rings. The van der Waals surface area contributed by atoms with Gasteiger partial charge in [-0.3, -0.25) is 0 Å². The van der Waals surface area contributed by atoms with Crippen molar-refractivity contribution < 1.29 is 0 Å². The number of nitrogens with two attached hydrogens (primary N) is 1. The second-order valence-corrected chi connectivity index (χ2v) is 4.92. The zero-order valence-electron chi connectivity index (χ0n) is 10.8. The molecule has 18 heavy (non-hydrogen) atoms. The van der Waals surface area contributed by atoms with Gasteiger partial charge in [-0.2, -0.15) is 0 Å². The van der Waals surface area contributed by atoms with Gasteiger partial charge in [0.25, 0.3) is 0 Å². The van der Waals surface area contributed by atoms with Gasteiger partial charge in [0, 0.05) is 18.5 Å². The van der Waals surface area contributed by atoms with E-state index < -0.39 is 0 Å². The Morgan fingerprint density at radius 2 is 2.00 bits per heavy atom. The van der Waals surface area contributed by atoms with Crippen molar-refractivity contribution in [3.05, 3.63) is 35.7 Å². The predicted molar refractivity (Wildman–Crippen MR) is 74.4 cm³/mol. The monoisotopic (exact) mass is 241 g/mol. The molecule has 0 atom stereocenters. The zero-order chi connectivity index (χ0) is 12.5. The number of nitrogen functional groups attached to an aromatic ring is 1. The number of nitrogens with zero attached hydrogens (tertiary/aromatic N) is 2. The maximum absolute atomic E-state index is 6.23. The summed E-state index contributed by atoms with van der Waals surface area (Å²) in [6, 6.07) is 8.58. The highest BCUT2D eigenvalue weighted by Crippen LogP contribution is 2.29. The van der Waals surface area contributed by atoms with E-state index in [1.807, 2.05) is 0 Å². The minimum atomic E-state index is 0.828. The van der Waals surface area contributed by atoms with Gasteiger partial charge in [0.05, 0.1) is 0 Å². The highest BCUT2D eigenvalue weighted by Gasteiger charge is 2.18. The van der Waals surface area contributed by atoms with Gasteiger partial charge >= 0.3 is 0 Å². The lowest BCUT2D eigenvalue weighted by molar-refractivity contribution is 0.527. The van der Waals surface area contributed by atoms with E-state index in [0.717, 1.165) is 42.3 Å². The van der Waals surface area contributed by atoms with Crippen LogP contribution in [0.3, 0.4) is 0 Å². The van der Waals surface area contributed by atoms with Gasteiger partial charge in [0.1, 0.15) is 17.3 Å². The molecule has 0 saturated carbocycles. The van der Waals surface area contributed by atoms with E-state index in [9.17, 15) is 0 Å². The van der Waals surface area contributed by atoms with Crippen LogP contribution in [0.5, 0.6) is 0 Å². The van der Waals surface area contributed by atoms with Crippen LogP contribution in [0.1, 0.15) is 31.2 Å². The molecule has 2 heterocycles. The summed E-state index contributed by atoms with van der Waals surface area (Å²) < 4.78 is 2.17. The van der Waals surface area contributed by atoms with Gasteiger partial charge in [-0.25, -0.2) is 4.98 Å². The van der Waals surface area contributed by atoms with Gasteiger partial charge in [0.15, 0.2) is 0 Å². The van der Waals surface area contributed by atoms with Crippen molar-refractivity contribution in [2.75, 3.05) is 5.73 Å². The van der Waals surface area contributed by atoms with E-state index in [4.69, 9.17) is 10.7 Å². The zero-order valence-corrected chi connectivity index (χ0v) is 10.8. The van der Waals surface area contributed by atoms with E-state index in [-0.39, 0.29) is 0 Å². The summed E-state index contributed by atoms with van der Waals surface area (Å²) in [5, 5.41) is 0. The number of hydrogen-bond acceptors (Lipinski definition) is 2. The van der Waals surface area contributed by atoms with Gasteiger partial charge in [0.2, 0.25) is 0 Å². The van der Waals surface area contributed by atoms with Gasteiger partial charge < -0.3 is 10.3 Å². The quantitative estimate of drug-likeness (QED) is 0.878. The number of hydrogen-bond donors (Lipinski definition) is 1. The average molecular weight is 241 g/mol. The molecule has 94 valence electrons. The van der Waals surface area contributed by atoms with Crippen molar-refractivity contribution in [3.63, 3.8) is 0 Å². The first kappa shape index (κ1) is 11.3. The second kappa shape index (κ2) is 4.48. The van der Waals surface area contributed by atoms with Crippen molar-refractivity contribution >= 4 is 5.82 Å². The normalized spacial score (nSPS) is 14.5. The molecular weight excluding hydrogens is 222 g/mol. The summed E-state index contributed by atoms with van der Waals surface area (Å²) in [7, 11) is 0. The minimum absolute atomic E-state index is 0.828. The Balaban J connectivity index is 2.02. The Hall–Kier alpha value is -1.77. The fourth-order valence-corrected chi connectivity index (χ4v) is 2.62. The number of rotatable bonds is 2. The minimum Gasteiger partial charge on any atom is -0.383 e. The number of imidazole rings is 1. The van der Waals surface area contributed by atoms with E-state index in [0.29, 0.717) is 0 Å². The molecule has 1 aliphatic heterocycles. The van der Waals surface area contributed by atoms with E-state index in [1.54, 1.807) is 0 Å². The molecule has 3 nitrogen and oxygen atoms in total. The molecule has 0 radical (unpaired) electrons. The molecule has 2 N–H and O–H groups in total. The first-order valence-corrected chi connectivity index (χ1v) is 6.73. The molecular formula is C15H19N3. The average Bonchev–Trinajstić information content (AvgIpc) is 2.77. The smallest absolute Gasteiger partial charge is 0.131 e. The molecule has 2 aromatic rings. The Labute approximate surface area is 108 Å². The third-order valence-electron chi connectivity index (χ3n) is 3.75. The molecule has 0 amide bonds. The summed E-state index contributed by atoms with van der Waals surface area (Å²) in [6.45, 7) is 3.18. The highest BCUT2D eigenvalue weighted by molar-refractivity contribution is 5.71. The van der Waals surface area contributed by atoms with Crippen LogP contribution >= 0.6 is 0 Å². The molecule has 0 bridgehead atoms. The van der Waals surface area contributed by atoms with Gasteiger partial charge in [-0.1, -0.05) is 31.2 Å². The lowest BCUT2D eigenvalue weighted by Crippen LogP contribution is -2.12. The number of fused-ring (bicyclic) bond motifs is 1. The molecule has 0 spiro atoms. The maximum atomic E-state index is 6.23. The molecule has 1 aromatic heterocycles. The van der Waals surface area contributed by atoms with Crippen molar-refractivity contribution in [2.24, 2.45) is 0 Å². The molecule has 3 heteroatoms. The Morgan fingerprint density at radius 3 is 2.67 bits per heavy atom. The number of benzene rings is 1. The molecule has 0 unspecified atom stereocenters. The summed E-state index contributed by atoms with van der Waals surface area (Å²) in [5.41, 5.74) is 9.66. The summed E-state index contributed by atoms with van der Waals surface area (Å²) in [5.74, 6) is 1.97. The molecule has 0 saturated heterocycles. The van der Waals surface area contributed by atoms with Crippen molar-refractivity contribution in [3.8, 4) is 11.3 Å². The topological polar surface area (TPSA) is 43.8 Å². The molecule has 1 aliphatic rings. The summed E-state index contributed by atoms with van der Waals surface area (Å²) in [4.78, 5) is 4.71. The second-order valence-electron chi connectivity index (χ2n) is 4.92. The largest absolute Gasteiger partial charge is 0.383 e. The number of aromatic nitrogens is 2. The Kier molecular flexibility index (Phi) is 2.82. The fourth-order valence-electron chi connectivity index (χ4n) is 2.62. The van der Waals surface area contributed by atoms with Crippen LogP contribution in [0.2, 0.25) is 0 Å². The predicted octanol–water partition coefficient (Wildman–Crippen LogP) is 3.03. The van der Waals surface area contributed by atoms with Crippen LogP contribution in [0, 0.1) is 0 Å². The lowest BCUT2D eigenvalue weighted by Gasteiger charge is -2.14. The molecule has 3 rings (SSSR count). The van der Waals surface area contributed by atoms with Crippen LogP contribution in [0.25, 0.3) is 11.3 Å². The lowest BCUT2D eigenvalue weighted by atomic mass is 10.1. The first-order chi connectivity index (χ1) is 8.79. The van der Waals surface area contributed by atoms with Crippen molar-refractivity contribution in [1.29, 1.82) is 0 Å². The van der Waals surface area contributed by atoms with Crippen LogP contribution in [0.4, 0.5) is 5.82 Å². The third kappa shape index (κ3) is 1.80. The molecule has 1 aromatic carbocycles. The van der Waals surface area contributed by atoms with Crippen LogP contribution < -0.4 is 5.73 Å². The van der Waals surface area contributed by atoms with Crippen molar-refractivity contribution in [2.45, 2.75) is 39.2 Å². The Bertz CT molecular complexity index is 552. The van der Waals surface area contributed by atoms with E-state index >= 15 is 0 Å². The van der Waals surface area contributed by atoms with Gasteiger partial charge in [-0.15, -0.1) is 0 Å². The SMILES string of the molecule is CCc1ccc(-c2nc3n(c2N)CCCC3)cc1. The van der Waals surface area contributed by atoms with Gasteiger partial charge in [-0.05, 0) is 24.8 Å². The number of anilines is 1. The summed E-state index contributed by atoms with van der Waals surface area (Å²) >= 11 is 0. The fraction of sp³-hybridized carbons (Fsp3) is 0.400. The van der Waals surface area contributed by atoms with E-state index in [2.05, 4.69) is 35.8 Å². The van der Waals surface area contributed by atoms with Crippen molar-refractivity contribution in [1.82, 2.24) is 9.55 Å². The summed E-state index contributed by atoms with van der Waals surface area (Å²) in [6.07, 6.45) is 4.55. The van der Waals surface area contributed by atoms with Crippen LogP contribution in [-0.2, 0) is 19.4 Å². The van der Waals surface area contributed by atoms with Crippen LogP contribution in [0.15, 0.2) is 24.3 Å². The first-order valence-electron chi connectivity index (χ1n) is 6.73. The van der Waals surface area contributed by atoms with E-state index in [1.165, 1.54) is 18.4 Å². The maximum Gasteiger partial charge on any atom is 0.131 e. The standard InChI is InChI=1S/C15H19N3/c1-2-11-6-8-12(9-7-11)14-15(16)18-10-4-3-5-13(18)17-14/h6-9H,2-5,10,16H2,1H3.